The molecule has 9 heavy (non-hydrogen) atoms. The third-order valence-electron chi connectivity index (χ3n) is 0.473. The van der Waals surface area contributed by atoms with Gasteiger partial charge in [-0.25, -0.2) is 0 Å². The van der Waals surface area contributed by atoms with Crippen molar-refractivity contribution in [2.24, 2.45) is 0 Å². The smallest absolute Gasteiger partial charge is 0.321 e. The van der Waals surface area contributed by atoms with E-state index in [0.717, 1.165) is 0 Å². The standard InChI is InChI=1S/C3H6NO3PS/c4-2-1-3-7-8(5,6)9/h1,3H2,(H2,5,6,9). The molecule has 0 spiro atoms. The molecule has 0 atom stereocenters. The molecule has 4 nitrogen and oxygen atoms in total. The van der Waals surface area contributed by atoms with E-state index in [-0.39, 0.29) is 13.0 Å². The fourth-order valence-electron chi connectivity index (χ4n) is 0.210. The molecule has 0 aromatic heterocycles. The highest BCUT2D eigenvalue weighted by Gasteiger charge is 2.05. The monoisotopic (exact) mass is 167 g/mol. The van der Waals surface area contributed by atoms with Crippen LogP contribution in [0.15, 0.2) is 0 Å². The molecule has 0 fully saturated rings. The second-order valence-electron chi connectivity index (χ2n) is 1.23. The van der Waals surface area contributed by atoms with Crippen molar-refractivity contribution in [3.8, 4) is 6.07 Å². The second kappa shape index (κ2) is 3.94. The van der Waals surface area contributed by atoms with E-state index in [9.17, 15) is 0 Å². The van der Waals surface area contributed by atoms with Gasteiger partial charge in [0.05, 0.1) is 19.1 Å². The molecule has 0 rings (SSSR count). The van der Waals surface area contributed by atoms with Crippen LogP contribution in [0.1, 0.15) is 6.42 Å². The maximum Gasteiger partial charge on any atom is 0.321 e. The van der Waals surface area contributed by atoms with E-state index in [1.807, 2.05) is 0 Å². The van der Waals surface area contributed by atoms with E-state index in [0.29, 0.717) is 0 Å². The Bertz CT molecular complexity index is 159. The fraction of sp³-hybridized carbons (Fsp3) is 0.667. The van der Waals surface area contributed by atoms with Crippen molar-refractivity contribution in [2.75, 3.05) is 6.61 Å². The summed E-state index contributed by atoms with van der Waals surface area (Å²) in [4.78, 5) is 16.8. The summed E-state index contributed by atoms with van der Waals surface area (Å²) in [5.74, 6) is 0. The van der Waals surface area contributed by atoms with Crippen LogP contribution in [0.2, 0.25) is 0 Å². The third-order valence-corrected chi connectivity index (χ3v) is 1.31. The predicted molar refractivity (Wildman–Crippen MR) is 34.9 cm³/mol. The zero-order valence-electron chi connectivity index (χ0n) is 4.52. The van der Waals surface area contributed by atoms with Gasteiger partial charge in [0.15, 0.2) is 0 Å². The Labute approximate surface area is 57.9 Å². The quantitative estimate of drug-likeness (QED) is 0.461. The predicted octanol–water partition coefficient (Wildman–Crippen LogP) is 0.126. The van der Waals surface area contributed by atoms with Gasteiger partial charge in [-0.05, 0) is 11.8 Å². The molecule has 2 N–H and O–H groups in total. The summed E-state index contributed by atoms with van der Waals surface area (Å²) in [5, 5.41) is 7.95. The van der Waals surface area contributed by atoms with Gasteiger partial charge < -0.3 is 14.3 Å². The summed E-state index contributed by atoms with van der Waals surface area (Å²) < 4.78 is 4.28. The van der Waals surface area contributed by atoms with Gasteiger partial charge in [-0.1, -0.05) is 0 Å². The molecule has 0 aromatic rings. The number of rotatable bonds is 3. The number of nitriles is 1. The van der Waals surface area contributed by atoms with Crippen molar-refractivity contribution in [1.82, 2.24) is 0 Å². The van der Waals surface area contributed by atoms with Crippen molar-refractivity contribution in [3.63, 3.8) is 0 Å². The molecule has 0 radical (unpaired) electrons. The van der Waals surface area contributed by atoms with Gasteiger partial charge in [-0.2, -0.15) is 5.26 Å². The van der Waals surface area contributed by atoms with Gasteiger partial charge in [-0.3, -0.25) is 0 Å². The first-order valence-electron chi connectivity index (χ1n) is 2.13. The lowest BCUT2D eigenvalue weighted by Gasteiger charge is -2.04. The first-order chi connectivity index (χ1) is 4.06. The Hall–Kier alpha value is 0.0200. The van der Waals surface area contributed by atoms with E-state index in [1.54, 1.807) is 6.07 Å². The Kier molecular flexibility index (Phi) is 3.95. The molecule has 6 heteroatoms. The van der Waals surface area contributed by atoms with Crippen molar-refractivity contribution in [1.29, 1.82) is 5.26 Å². The molecule has 0 unspecified atom stereocenters. The van der Waals surface area contributed by atoms with E-state index in [2.05, 4.69) is 16.3 Å². The van der Waals surface area contributed by atoms with E-state index in [1.165, 1.54) is 0 Å². The third kappa shape index (κ3) is 8.02. The van der Waals surface area contributed by atoms with Gasteiger partial charge in [-0.15, -0.1) is 0 Å². The minimum Gasteiger partial charge on any atom is -0.325 e. The van der Waals surface area contributed by atoms with Gasteiger partial charge in [0.25, 0.3) is 0 Å². The van der Waals surface area contributed by atoms with Crippen molar-refractivity contribution in [2.45, 2.75) is 6.42 Å². The van der Waals surface area contributed by atoms with Crippen molar-refractivity contribution in [3.05, 3.63) is 0 Å². The van der Waals surface area contributed by atoms with E-state index >= 15 is 0 Å². The van der Waals surface area contributed by atoms with Crippen molar-refractivity contribution >= 4 is 18.5 Å². The minimum atomic E-state index is -3.51. The minimum absolute atomic E-state index is 0.0131. The lowest BCUT2D eigenvalue weighted by molar-refractivity contribution is 0.257. The first-order valence-corrected chi connectivity index (χ1v) is 4.76. The maximum absolute atomic E-state index is 8.39. The average Bonchev–Trinajstić information content (AvgIpc) is 1.63. The Morgan fingerprint density at radius 1 is 1.67 bits per heavy atom. The first kappa shape index (κ1) is 9.02. The number of nitrogens with zero attached hydrogens (tertiary/aromatic N) is 1. The Balaban J connectivity index is 3.32. The highest BCUT2D eigenvalue weighted by molar-refractivity contribution is 8.06. The zero-order valence-corrected chi connectivity index (χ0v) is 6.23. The highest BCUT2D eigenvalue weighted by atomic mass is 32.5. The van der Waals surface area contributed by atoms with Crippen LogP contribution in [-0.2, 0) is 16.3 Å². The normalized spacial score (nSPS) is 10.8. The SMILES string of the molecule is N#CCCOP(O)(O)=S. The summed E-state index contributed by atoms with van der Waals surface area (Å²) in [6.07, 6.45) is 0.125. The van der Waals surface area contributed by atoms with E-state index < -0.39 is 6.72 Å². The molecule has 0 bridgehead atoms. The molecule has 0 saturated heterocycles. The topological polar surface area (TPSA) is 73.5 Å². The van der Waals surface area contributed by atoms with Crippen LogP contribution in [0.4, 0.5) is 0 Å². The van der Waals surface area contributed by atoms with Crippen LogP contribution in [-0.4, -0.2) is 16.4 Å². The number of hydrogen-bond donors (Lipinski definition) is 2. The molecule has 0 amide bonds. The van der Waals surface area contributed by atoms with Gasteiger partial charge in [0.2, 0.25) is 0 Å². The number of hydrogen-bond acceptors (Lipinski definition) is 3. The molecular formula is C3H6NO3PS. The molecule has 0 aromatic carbocycles. The molecule has 0 aliphatic heterocycles. The molecule has 52 valence electrons. The zero-order chi connectivity index (χ0) is 7.33. The van der Waals surface area contributed by atoms with Crippen LogP contribution in [0.5, 0.6) is 0 Å². The molecule has 0 saturated carbocycles. The Morgan fingerprint density at radius 2 is 2.22 bits per heavy atom. The largest absolute Gasteiger partial charge is 0.325 e. The van der Waals surface area contributed by atoms with Crippen LogP contribution in [0, 0.1) is 11.3 Å². The van der Waals surface area contributed by atoms with E-state index in [4.69, 9.17) is 15.0 Å². The molecular weight excluding hydrogens is 161 g/mol. The Morgan fingerprint density at radius 3 is 2.56 bits per heavy atom. The molecule has 0 aliphatic carbocycles. The van der Waals surface area contributed by atoms with Crippen LogP contribution in [0.25, 0.3) is 0 Å². The van der Waals surface area contributed by atoms with Gasteiger partial charge in [0, 0.05) is 0 Å². The summed E-state index contributed by atoms with van der Waals surface area (Å²) in [6.45, 7) is -3.53. The summed E-state index contributed by atoms with van der Waals surface area (Å²) >= 11 is 4.09. The summed E-state index contributed by atoms with van der Waals surface area (Å²) in [7, 11) is 0. The average molecular weight is 167 g/mol. The highest BCUT2D eigenvalue weighted by Crippen LogP contribution is 2.35. The molecule has 0 aliphatic rings. The fourth-order valence-corrected chi connectivity index (χ4v) is 0.763. The second-order valence-corrected chi connectivity index (χ2v) is 3.90. The van der Waals surface area contributed by atoms with Crippen LogP contribution >= 0.6 is 6.72 Å². The molecule has 0 heterocycles. The van der Waals surface area contributed by atoms with Crippen molar-refractivity contribution < 1.29 is 14.3 Å². The van der Waals surface area contributed by atoms with Crippen LogP contribution in [0.3, 0.4) is 0 Å². The lowest BCUT2D eigenvalue weighted by atomic mass is 10.5. The van der Waals surface area contributed by atoms with Crippen LogP contribution < -0.4 is 0 Å². The summed E-state index contributed by atoms with van der Waals surface area (Å²) in [6, 6.07) is 1.76. The van der Waals surface area contributed by atoms with Gasteiger partial charge >= 0.3 is 6.72 Å². The summed E-state index contributed by atoms with van der Waals surface area (Å²) in [5.41, 5.74) is 0. The van der Waals surface area contributed by atoms with Gasteiger partial charge in [0.1, 0.15) is 0 Å². The maximum atomic E-state index is 8.39. The lowest BCUT2D eigenvalue weighted by Crippen LogP contribution is -1.89.